The highest BCUT2D eigenvalue weighted by Gasteiger charge is 2.29. The molecule has 0 unspecified atom stereocenters. The van der Waals surface area contributed by atoms with E-state index < -0.39 is 8.07 Å². The van der Waals surface area contributed by atoms with Crippen LogP contribution < -0.4 is 24.6 Å². The van der Waals surface area contributed by atoms with Gasteiger partial charge in [0.2, 0.25) is 5.75 Å². The average Bonchev–Trinajstić information content (AvgIpc) is 2.53. The second kappa shape index (κ2) is 6.32. The third-order valence-electron chi connectivity index (χ3n) is 3.98. The van der Waals surface area contributed by atoms with Gasteiger partial charge in [-0.05, 0) is 29.5 Å². The molecule has 0 radical (unpaired) electrons. The Morgan fingerprint density at radius 3 is 1.68 bits per heavy atom. The molecular weight excluding hydrogens is 296 g/mol. The monoisotopic (exact) mass is 318 g/mol. The van der Waals surface area contributed by atoms with Crippen LogP contribution in [0.5, 0.6) is 23.0 Å². The van der Waals surface area contributed by atoms with Gasteiger partial charge in [0.05, 0.1) is 21.3 Å². The van der Waals surface area contributed by atoms with E-state index in [2.05, 4.69) is 13.1 Å². The number of rotatable bonds is 5. The standard InChI is InChI=1S/C17H22O4Si/c1-19-15-10-14(11-16(20-2)17(15)21-3)22(4,5)13-8-6-12(18)7-9-13/h6-11,18H,1-5H3. The first-order chi connectivity index (χ1) is 10.4. The zero-order chi connectivity index (χ0) is 16.3. The summed E-state index contributed by atoms with van der Waals surface area (Å²) in [5.41, 5.74) is 0. The lowest BCUT2D eigenvalue weighted by Gasteiger charge is -2.25. The van der Waals surface area contributed by atoms with Crippen LogP contribution in [-0.4, -0.2) is 34.5 Å². The van der Waals surface area contributed by atoms with Crippen molar-refractivity contribution in [2.75, 3.05) is 21.3 Å². The summed E-state index contributed by atoms with van der Waals surface area (Å²) in [4.78, 5) is 0. The molecule has 1 N–H and O–H groups in total. The number of aromatic hydroxyl groups is 1. The molecule has 4 nitrogen and oxygen atoms in total. The Bertz CT molecular complexity index is 625. The molecule has 0 aliphatic rings. The minimum atomic E-state index is -1.94. The van der Waals surface area contributed by atoms with E-state index in [9.17, 15) is 5.11 Å². The molecule has 2 aromatic rings. The number of benzene rings is 2. The van der Waals surface area contributed by atoms with Crippen molar-refractivity contribution in [3.05, 3.63) is 36.4 Å². The molecule has 0 atom stereocenters. The Labute approximate surface area is 132 Å². The van der Waals surface area contributed by atoms with Crippen LogP contribution in [-0.2, 0) is 0 Å². The van der Waals surface area contributed by atoms with Crippen molar-refractivity contribution in [2.24, 2.45) is 0 Å². The van der Waals surface area contributed by atoms with Gasteiger partial charge in [0.25, 0.3) is 0 Å². The van der Waals surface area contributed by atoms with E-state index in [0.29, 0.717) is 17.2 Å². The largest absolute Gasteiger partial charge is 0.508 e. The van der Waals surface area contributed by atoms with Gasteiger partial charge in [-0.25, -0.2) is 0 Å². The highest BCUT2D eigenvalue weighted by atomic mass is 28.3. The van der Waals surface area contributed by atoms with Gasteiger partial charge in [0.15, 0.2) is 11.5 Å². The van der Waals surface area contributed by atoms with Crippen LogP contribution in [0, 0.1) is 0 Å². The van der Waals surface area contributed by atoms with E-state index in [1.165, 1.54) is 10.4 Å². The molecule has 0 fully saturated rings. The molecule has 0 aliphatic carbocycles. The number of phenolic OH excluding ortho intramolecular Hbond substituents is 1. The minimum Gasteiger partial charge on any atom is -0.508 e. The number of ether oxygens (including phenoxy) is 3. The second-order valence-electron chi connectivity index (χ2n) is 5.59. The Balaban J connectivity index is 2.57. The molecule has 0 aromatic heterocycles. The molecular formula is C17H22O4Si. The Hall–Kier alpha value is -2.14. The van der Waals surface area contributed by atoms with Gasteiger partial charge in [0, 0.05) is 0 Å². The van der Waals surface area contributed by atoms with E-state index >= 15 is 0 Å². The number of hydrogen-bond acceptors (Lipinski definition) is 4. The molecule has 22 heavy (non-hydrogen) atoms. The molecule has 2 aromatic carbocycles. The minimum absolute atomic E-state index is 0.276. The highest BCUT2D eigenvalue weighted by Crippen LogP contribution is 2.36. The number of hydrogen-bond donors (Lipinski definition) is 1. The van der Waals surface area contributed by atoms with Crippen LogP contribution >= 0.6 is 0 Å². The van der Waals surface area contributed by atoms with Crippen molar-refractivity contribution in [3.63, 3.8) is 0 Å². The van der Waals surface area contributed by atoms with E-state index in [0.717, 1.165) is 0 Å². The van der Waals surface area contributed by atoms with Gasteiger partial charge >= 0.3 is 0 Å². The number of methoxy groups -OCH3 is 3. The molecule has 0 saturated heterocycles. The first-order valence-electron chi connectivity index (χ1n) is 7.04. The average molecular weight is 318 g/mol. The van der Waals surface area contributed by atoms with Crippen molar-refractivity contribution in [2.45, 2.75) is 13.1 Å². The molecule has 0 spiro atoms. The van der Waals surface area contributed by atoms with Gasteiger partial charge in [0.1, 0.15) is 13.8 Å². The quantitative estimate of drug-likeness (QED) is 0.859. The van der Waals surface area contributed by atoms with Gasteiger partial charge in [-0.1, -0.05) is 30.4 Å². The zero-order valence-electron chi connectivity index (χ0n) is 13.6. The van der Waals surface area contributed by atoms with Crippen molar-refractivity contribution in [1.82, 2.24) is 0 Å². The normalized spacial score (nSPS) is 11.1. The van der Waals surface area contributed by atoms with E-state index in [1.807, 2.05) is 24.3 Å². The van der Waals surface area contributed by atoms with Crippen LogP contribution in [0.4, 0.5) is 0 Å². The van der Waals surface area contributed by atoms with Gasteiger partial charge in [-0.2, -0.15) is 0 Å². The van der Waals surface area contributed by atoms with E-state index in [-0.39, 0.29) is 5.75 Å². The molecule has 0 saturated carbocycles. The van der Waals surface area contributed by atoms with Gasteiger partial charge in [-0.15, -0.1) is 0 Å². The molecule has 118 valence electrons. The summed E-state index contributed by atoms with van der Waals surface area (Å²) in [5, 5.41) is 11.9. The van der Waals surface area contributed by atoms with Crippen molar-refractivity contribution in [1.29, 1.82) is 0 Å². The van der Waals surface area contributed by atoms with E-state index in [1.54, 1.807) is 33.5 Å². The molecule has 0 heterocycles. The summed E-state index contributed by atoms with van der Waals surface area (Å²) in [6, 6.07) is 11.4. The smallest absolute Gasteiger partial charge is 0.203 e. The maximum absolute atomic E-state index is 9.48. The number of phenols is 1. The fourth-order valence-electron chi connectivity index (χ4n) is 2.49. The lowest BCUT2D eigenvalue weighted by atomic mass is 10.3. The predicted molar refractivity (Wildman–Crippen MR) is 91.0 cm³/mol. The predicted octanol–water partition coefficient (Wildman–Crippen LogP) is 2.24. The maximum atomic E-state index is 9.48. The van der Waals surface area contributed by atoms with Crippen LogP contribution in [0.25, 0.3) is 0 Å². The van der Waals surface area contributed by atoms with Crippen molar-refractivity contribution < 1.29 is 19.3 Å². The zero-order valence-corrected chi connectivity index (χ0v) is 14.6. The first kappa shape index (κ1) is 16.2. The maximum Gasteiger partial charge on any atom is 0.203 e. The summed E-state index contributed by atoms with van der Waals surface area (Å²) in [6.07, 6.45) is 0. The SMILES string of the molecule is COc1cc([Si](C)(C)c2ccc(O)cc2)cc(OC)c1OC. The van der Waals surface area contributed by atoms with Crippen molar-refractivity contribution >= 4 is 18.4 Å². The van der Waals surface area contributed by atoms with E-state index in [4.69, 9.17) is 14.2 Å². The molecule has 0 aliphatic heterocycles. The van der Waals surface area contributed by atoms with Crippen LogP contribution in [0.2, 0.25) is 13.1 Å². The topological polar surface area (TPSA) is 47.9 Å². The van der Waals surface area contributed by atoms with Crippen LogP contribution in [0.15, 0.2) is 36.4 Å². The first-order valence-corrected chi connectivity index (χ1v) is 10.0. The summed E-state index contributed by atoms with van der Waals surface area (Å²) >= 11 is 0. The van der Waals surface area contributed by atoms with Crippen molar-refractivity contribution in [3.8, 4) is 23.0 Å². The Morgan fingerprint density at radius 2 is 1.27 bits per heavy atom. The lowest BCUT2D eigenvalue weighted by molar-refractivity contribution is 0.325. The summed E-state index contributed by atoms with van der Waals surface area (Å²) in [5.74, 6) is 2.20. The molecule has 5 heteroatoms. The summed E-state index contributed by atoms with van der Waals surface area (Å²) in [6.45, 7) is 4.50. The van der Waals surface area contributed by atoms with Crippen LogP contribution in [0.1, 0.15) is 0 Å². The lowest BCUT2D eigenvalue weighted by Crippen LogP contribution is -2.52. The summed E-state index contributed by atoms with van der Waals surface area (Å²) < 4.78 is 16.3. The molecule has 0 bridgehead atoms. The molecule has 0 amide bonds. The fraction of sp³-hybridized carbons (Fsp3) is 0.294. The summed E-state index contributed by atoms with van der Waals surface area (Å²) in [7, 11) is 2.91. The Morgan fingerprint density at radius 1 is 0.773 bits per heavy atom. The van der Waals surface area contributed by atoms with Gasteiger partial charge in [-0.3, -0.25) is 0 Å². The van der Waals surface area contributed by atoms with Crippen LogP contribution in [0.3, 0.4) is 0 Å². The Kier molecular flexibility index (Phi) is 4.66. The van der Waals surface area contributed by atoms with Gasteiger partial charge < -0.3 is 19.3 Å². The highest BCUT2D eigenvalue weighted by molar-refractivity contribution is 7.00. The second-order valence-corrected chi connectivity index (χ2v) is 9.99. The third-order valence-corrected chi connectivity index (χ3v) is 7.48. The fourth-order valence-corrected chi connectivity index (χ4v) is 4.80. The molecule has 2 rings (SSSR count). The third kappa shape index (κ3) is 2.90.